The first-order valence-corrected chi connectivity index (χ1v) is 12.4. The number of hydrogen-bond donors (Lipinski definition) is 0. The molecule has 2 aromatic carbocycles. The van der Waals surface area contributed by atoms with Crippen LogP contribution in [0.4, 0.5) is 0 Å². The number of piperidine rings is 1. The molecule has 0 radical (unpaired) electrons. The number of sulfonamides is 1. The van der Waals surface area contributed by atoms with Crippen LogP contribution in [-0.2, 0) is 17.1 Å². The Morgan fingerprint density at radius 2 is 1.90 bits per heavy atom. The Hall–Kier alpha value is -2.00. The van der Waals surface area contributed by atoms with E-state index in [-0.39, 0.29) is 10.9 Å². The minimum atomic E-state index is -3.57. The lowest BCUT2D eigenvalue weighted by molar-refractivity contribution is 0.0998. The van der Waals surface area contributed by atoms with Gasteiger partial charge >= 0.3 is 0 Å². The van der Waals surface area contributed by atoms with Crippen molar-refractivity contribution in [1.29, 1.82) is 0 Å². The van der Waals surface area contributed by atoms with Crippen molar-refractivity contribution in [3.8, 4) is 0 Å². The quantitative estimate of drug-likeness (QED) is 0.584. The van der Waals surface area contributed by atoms with Crippen molar-refractivity contribution in [2.75, 3.05) is 6.54 Å². The SMILES string of the molecule is C[C@H]1CCCCN1S(=O)(=O)c1ccc(C(=O)N=c2sc3cccc(Cl)c3n2C)cc1. The van der Waals surface area contributed by atoms with Crippen molar-refractivity contribution < 1.29 is 13.2 Å². The fraction of sp³-hybridized carbons (Fsp3) is 0.333. The van der Waals surface area contributed by atoms with Gasteiger partial charge in [0, 0.05) is 25.2 Å². The number of hydrogen-bond acceptors (Lipinski definition) is 4. The molecule has 1 fully saturated rings. The number of thiazole rings is 1. The number of amides is 1. The third-order valence-corrected chi connectivity index (χ3v) is 8.85. The van der Waals surface area contributed by atoms with E-state index < -0.39 is 15.9 Å². The summed E-state index contributed by atoms with van der Waals surface area (Å²) in [5, 5.41) is 0.599. The molecule has 0 spiro atoms. The van der Waals surface area contributed by atoms with E-state index in [4.69, 9.17) is 11.6 Å². The number of halogens is 1. The number of aryl methyl sites for hydroxylation is 1. The molecule has 158 valence electrons. The Morgan fingerprint density at radius 3 is 2.57 bits per heavy atom. The molecule has 1 amide bonds. The van der Waals surface area contributed by atoms with E-state index in [1.165, 1.54) is 35.6 Å². The van der Waals surface area contributed by atoms with Crippen molar-refractivity contribution in [1.82, 2.24) is 8.87 Å². The second-order valence-corrected chi connectivity index (χ2v) is 10.7. The molecule has 0 bridgehead atoms. The number of fused-ring (bicyclic) bond motifs is 1. The van der Waals surface area contributed by atoms with Crippen LogP contribution in [-0.4, -0.2) is 35.8 Å². The van der Waals surface area contributed by atoms with Gasteiger partial charge in [-0.15, -0.1) is 0 Å². The molecule has 0 unspecified atom stereocenters. The highest BCUT2D eigenvalue weighted by Crippen LogP contribution is 2.26. The first kappa shape index (κ1) is 21.2. The molecular weight excluding hydrogens is 442 g/mol. The summed E-state index contributed by atoms with van der Waals surface area (Å²) in [6.07, 6.45) is 2.78. The Labute approximate surface area is 184 Å². The summed E-state index contributed by atoms with van der Waals surface area (Å²) < 4.78 is 30.2. The van der Waals surface area contributed by atoms with Gasteiger partial charge in [-0.2, -0.15) is 9.30 Å². The minimum absolute atomic E-state index is 0.0140. The maximum absolute atomic E-state index is 12.9. The molecule has 0 N–H and O–H groups in total. The van der Waals surface area contributed by atoms with Crippen LogP contribution in [0.5, 0.6) is 0 Å². The third-order valence-electron chi connectivity index (χ3n) is 5.42. The predicted octanol–water partition coefficient (Wildman–Crippen LogP) is 4.20. The van der Waals surface area contributed by atoms with Crippen LogP contribution in [0.1, 0.15) is 36.5 Å². The zero-order chi connectivity index (χ0) is 21.5. The highest BCUT2D eigenvalue weighted by Gasteiger charge is 2.30. The van der Waals surface area contributed by atoms with Crippen LogP contribution < -0.4 is 4.80 Å². The molecule has 30 heavy (non-hydrogen) atoms. The van der Waals surface area contributed by atoms with Crippen molar-refractivity contribution in [2.24, 2.45) is 12.0 Å². The van der Waals surface area contributed by atoms with Crippen molar-refractivity contribution in [3.05, 3.63) is 57.9 Å². The van der Waals surface area contributed by atoms with E-state index in [2.05, 4.69) is 4.99 Å². The topological polar surface area (TPSA) is 71.7 Å². The third kappa shape index (κ3) is 3.85. The molecule has 9 heteroatoms. The summed E-state index contributed by atoms with van der Waals surface area (Å²) in [7, 11) is -1.75. The largest absolute Gasteiger partial charge is 0.318 e. The summed E-state index contributed by atoms with van der Waals surface area (Å²) in [5.41, 5.74) is 1.16. The van der Waals surface area contributed by atoms with Gasteiger partial charge in [0.15, 0.2) is 4.80 Å². The highest BCUT2D eigenvalue weighted by molar-refractivity contribution is 7.89. The first-order chi connectivity index (χ1) is 14.3. The number of nitrogens with zero attached hydrogens (tertiary/aromatic N) is 3. The van der Waals surface area contributed by atoms with Gasteiger partial charge in [-0.1, -0.05) is 35.4 Å². The average Bonchev–Trinajstić information content (AvgIpc) is 3.05. The van der Waals surface area contributed by atoms with E-state index in [0.717, 1.165) is 29.5 Å². The van der Waals surface area contributed by atoms with Crippen LogP contribution in [0.3, 0.4) is 0 Å². The highest BCUT2D eigenvalue weighted by atomic mass is 35.5. The van der Waals surface area contributed by atoms with Crippen LogP contribution in [0.2, 0.25) is 5.02 Å². The van der Waals surface area contributed by atoms with Crippen LogP contribution in [0, 0.1) is 0 Å². The summed E-state index contributed by atoms with van der Waals surface area (Å²) in [4.78, 5) is 17.6. The lowest BCUT2D eigenvalue weighted by atomic mass is 10.1. The van der Waals surface area contributed by atoms with E-state index in [0.29, 0.717) is 21.9 Å². The zero-order valence-corrected chi connectivity index (χ0v) is 19.1. The summed E-state index contributed by atoms with van der Waals surface area (Å²) in [6, 6.07) is 11.6. The van der Waals surface area contributed by atoms with Gasteiger partial charge in [-0.25, -0.2) is 8.42 Å². The smallest absolute Gasteiger partial charge is 0.279 e. The number of para-hydroxylation sites is 1. The van der Waals surface area contributed by atoms with Crippen LogP contribution >= 0.6 is 22.9 Å². The Bertz CT molecular complexity index is 1280. The molecule has 1 atom stereocenters. The zero-order valence-electron chi connectivity index (χ0n) is 16.7. The van der Waals surface area contributed by atoms with Gasteiger partial charge in [0.05, 0.1) is 20.1 Å². The van der Waals surface area contributed by atoms with E-state index in [1.807, 2.05) is 26.1 Å². The van der Waals surface area contributed by atoms with Gasteiger partial charge in [-0.05, 0) is 56.2 Å². The van der Waals surface area contributed by atoms with Gasteiger partial charge < -0.3 is 4.57 Å². The maximum atomic E-state index is 12.9. The maximum Gasteiger partial charge on any atom is 0.279 e. The van der Waals surface area contributed by atoms with Gasteiger partial charge in [0.1, 0.15) is 0 Å². The number of aromatic nitrogens is 1. The molecule has 6 nitrogen and oxygen atoms in total. The Kier molecular flexibility index (Phi) is 5.85. The van der Waals surface area contributed by atoms with Crippen molar-refractivity contribution >= 4 is 49.1 Å². The van der Waals surface area contributed by atoms with Gasteiger partial charge in [0.2, 0.25) is 10.0 Å². The minimum Gasteiger partial charge on any atom is -0.318 e. The summed E-state index contributed by atoms with van der Waals surface area (Å²) in [5.74, 6) is -0.427. The average molecular weight is 464 g/mol. The monoisotopic (exact) mass is 463 g/mol. The summed E-state index contributed by atoms with van der Waals surface area (Å²) in [6.45, 7) is 2.47. The fourth-order valence-corrected chi connectivity index (χ4v) is 6.85. The standard InChI is InChI=1S/C21H22ClN3O3S2/c1-14-6-3-4-13-25(14)30(27,28)16-11-9-15(10-12-16)20(26)23-21-24(2)19-17(22)7-5-8-18(19)29-21/h5,7-12,14H,3-4,6,13H2,1-2H3/t14-/m0/s1. The molecule has 1 aromatic heterocycles. The first-order valence-electron chi connectivity index (χ1n) is 9.74. The number of benzene rings is 2. The molecule has 1 saturated heterocycles. The molecule has 0 aliphatic carbocycles. The van der Waals surface area contributed by atoms with E-state index in [1.54, 1.807) is 14.9 Å². The molecule has 0 saturated carbocycles. The Balaban J connectivity index is 1.63. The number of rotatable bonds is 3. The fourth-order valence-electron chi connectivity index (χ4n) is 3.75. The number of carbonyl (C=O) groups is 1. The Morgan fingerprint density at radius 1 is 1.17 bits per heavy atom. The lowest BCUT2D eigenvalue weighted by Gasteiger charge is -2.32. The predicted molar refractivity (Wildman–Crippen MR) is 119 cm³/mol. The van der Waals surface area contributed by atoms with Gasteiger partial charge in [0.25, 0.3) is 5.91 Å². The molecule has 4 rings (SSSR count). The van der Waals surface area contributed by atoms with E-state index >= 15 is 0 Å². The van der Waals surface area contributed by atoms with Crippen LogP contribution in [0.15, 0.2) is 52.4 Å². The number of carbonyl (C=O) groups excluding carboxylic acids is 1. The lowest BCUT2D eigenvalue weighted by Crippen LogP contribution is -2.41. The summed E-state index contributed by atoms with van der Waals surface area (Å²) >= 11 is 7.64. The van der Waals surface area contributed by atoms with Crippen molar-refractivity contribution in [2.45, 2.75) is 37.1 Å². The molecule has 1 aliphatic heterocycles. The van der Waals surface area contributed by atoms with Crippen LogP contribution in [0.25, 0.3) is 10.2 Å². The second-order valence-electron chi connectivity index (χ2n) is 7.43. The molecular formula is C21H22ClN3O3S2. The molecule has 2 heterocycles. The van der Waals surface area contributed by atoms with E-state index in [9.17, 15) is 13.2 Å². The molecule has 1 aliphatic rings. The van der Waals surface area contributed by atoms with Gasteiger partial charge in [-0.3, -0.25) is 4.79 Å². The van der Waals surface area contributed by atoms with Crippen molar-refractivity contribution in [3.63, 3.8) is 0 Å². The molecule has 3 aromatic rings. The second kappa shape index (κ2) is 8.26. The normalized spacial score (nSPS) is 18.8.